The minimum Gasteiger partial charge on any atom is -0.486 e. The van der Waals surface area contributed by atoms with Crippen LogP contribution in [0.5, 0.6) is 5.75 Å². The van der Waals surface area contributed by atoms with E-state index in [1.807, 2.05) is 50.2 Å². The number of benzene rings is 3. The van der Waals surface area contributed by atoms with Crippen LogP contribution in [0.4, 0.5) is 5.69 Å². The summed E-state index contributed by atoms with van der Waals surface area (Å²) in [5, 5.41) is 9.87. The second-order valence-corrected chi connectivity index (χ2v) is 10.4. The van der Waals surface area contributed by atoms with E-state index in [1.54, 1.807) is 4.90 Å². The van der Waals surface area contributed by atoms with Crippen LogP contribution in [0.3, 0.4) is 0 Å². The van der Waals surface area contributed by atoms with Crippen LogP contribution in [0.1, 0.15) is 29.8 Å². The first kappa shape index (κ1) is 26.7. The number of hydrogen-bond donors (Lipinski definition) is 1. The lowest BCUT2D eigenvalue weighted by Gasteiger charge is -2.39. The van der Waals surface area contributed by atoms with Crippen molar-refractivity contribution >= 4 is 11.6 Å². The Morgan fingerprint density at radius 1 is 0.973 bits per heavy atom. The van der Waals surface area contributed by atoms with Gasteiger partial charge in [-0.15, -0.1) is 0 Å². The summed E-state index contributed by atoms with van der Waals surface area (Å²) >= 11 is 0. The Labute approximate surface area is 221 Å². The van der Waals surface area contributed by atoms with Gasteiger partial charge in [-0.2, -0.15) is 0 Å². The number of fused-ring (bicyclic) bond motifs is 1. The molecule has 6 heteroatoms. The molecule has 0 aliphatic carbocycles. The number of anilines is 1. The van der Waals surface area contributed by atoms with Gasteiger partial charge in [-0.1, -0.05) is 67.6 Å². The fourth-order valence-corrected chi connectivity index (χ4v) is 4.91. The van der Waals surface area contributed by atoms with E-state index < -0.39 is 0 Å². The monoisotopic (exact) mass is 501 g/mol. The van der Waals surface area contributed by atoms with Crippen LogP contribution in [-0.2, 0) is 6.54 Å². The van der Waals surface area contributed by atoms with Gasteiger partial charge in [0.15, 0.2) is 5.75 Å². The summed E-state index contributed by atoms with van der Waals surface area (Å²) < 4.78 is 6.67. The molecule has 3 aromatic rings. The summed E-state index contributed by atoms with van der Waals surface area (Å²) in [5.74, 6) is 0.589. The third-order valence-electron chi connectivity index (χ3n) is 7.16. The van der Waals surface area contributed by atoms with E-state index in [2.05, 4.69) is 67.4 Å². The van der Waals surface area contributed by atoms with Crippen molar-refractivity contribution in [2.45, 2.75) is 32.5 Å². The van der Waals surface area contributed by atoms with E-state index in [4.69, 9.17) is 4.74 Å². The van der Waals surface area contributed by atoms with E-state index in [1.165, 1.54) is 16.7 Å². The predicted octanol–water partition coefficient (Wildman–Crippen LogP) is 4.77. The molecule has 1 heterocycles. The average Bonchev–Trinajstić information content (AvgIpc) is 2.90. The zero-order valence-corrected chi connectivity index (χ0v) is 22.6. The van der Waals surface area contributed by atoms with Crippen LogP contribution in [0.2, 0.25) is 0 Å². The fraction of sp³-hybridized carbons (Fsp3) is 0.387. The van der Waals surface area contributed by atoms with Crippen molar-refractivity contribution in [2.75, 3.05) is 45.7 Å². The smallest absolute Gasteiger partial charge is 0.258 e. The first-order valence-electron chi connectivity index (χ1n) is 13.0. The molecule has 1 aliphatic rings. The van der Waals surface area contributed by atoms with E-state index in [-0.39, 0.29) is 30.6 Å². The summed E-state index contributed by atoms with van der Waals surface area (Å²) in [7, 11) is 6.03. The van der Waals surface area contributed by atoms with Gasteiger partial charge in [0.2, 0.25) is 0 Å². The summed E-state index contributed by atoms with van der Waals surface area (Å²) in [6.45, 7) is 5.96. The lowest BCUT2D eigenvalue weighted by Crippen LogP contribution is -2.49. The Morgan fingerprint density at radius 2 is 1.65 bits per heavy atom. The molecule has 0 fully saturated rings. The molecular formula is C31H39N3O3. The van der Waals surface area contributed by atoms with Crippen LogP contribution in [-0.4, -0.2) is 73.8 Å². The lowest BCUT2D eigenvalue weighted by molar-refractivity contribution is 0.0343. The molecule has 37 heavy (non-hydrogen) atoms. The standard InChI is InChI=1S/C31H39N3O3/c1-22-18-34(23(2)21-35)31(36)27-12-9-13-28(32(3)4)30(27)37-29(22)20-33(5)19-24-14-16-26(17-15-24)25-10-7-6-8-11-25/h6-17,22-23,29,35H,18-21H2,1-5H3/t22-,23-,29+/m0/s1. The van der Waals surface area contributed by atoms with Crippen molar-refractivity contribution in [1.82, 2.24) is 9.80 Å². The maximum Gasteiger partial charge on any atom is 0.258 e. The van der Waals surface area contributed by atoms with Crippen LogP contribution in [0.15, 0.2) is 72.8 Å². The Morgan fingerprint density at radius 3 is 2.30 bits per heavy atom. The Kier molecular flexibility index (Phi) is 8.52. The molecule has 0 aromatic heterocycles. The number of rotatable bonds is 8. The third-order valence-corrected chi connectivity index (χ3v) is 7.16. The molecule has 3 atom stereocenters. The van der Waals surface area contributed by atoms with Crippen molar-refractivity contribution in [1.29, 1.82) is 0 Å². The third kappa shape index (κ3) is 6.14. The summed E-state index contributed by atoms with van der Waals surface area (Å²) in [5.41, 5.74) is 5.08. The maximum absolute atomic E-state index is 13.5. The van der Waals surface area contributed by atoms with E-state index >= 15 is 0 Å². The molecule has 0 radical (unpaired) electrons. The van der Waals surface area contributed by atoms with Gasteiger partial charge in [-0.05, 0) is 42.8 Å². The zero-order chi connectivity index (χ0) is 26.5. The van der Waals surface area contributed by atoms with Crippen molar-refractivity contribution in [3.05, 3.63) is 83.9 Å². The number of aliphatic hydroxyl groups is 1. The molecule has 4 rings (SSSR count). The topological polar surface area (TPSA) is 56.3 Å². The van der Waals surface area contributed by atoms with Gasteiger partial charge in [0.25, 0.3) is 5.91 Å². The quantitative estimate of drug-likeness (QED) is 0.482. The number of para-hydroxylation sites is 1. The molecule has 1 N–H and O–H groups in total. The van der Waals surface area contributed by atoms with Crippen molar-refractivity contribution in [3.63, 3.8) is 0 Å². The summed E-state index contributed by atoms with van der Waals surface area (Å²) in [6.07, 6.45) is -0.130. The van der Waals surface area contributed by atoms with Gasteiger partial charge in [-0.25, -0.2) is 0 Å². The second kappa shape index (κ2) is 11.8. The highest BCUT2D eigenvalue weighted by Gasteiger charge is 2.34. The van der Waals surface area contributed by atoms with Crippen LogP contribution >= 0.6 is 0 Å². The molecule has 0 spiro atoms. The molecule has 1 aliphatic heterocycles. The molecule has 0 saturated carbocycles. The van der Waals surface area contributed by atoms with E-state index in [0.29, 0.717) is 24.4 Å². The Bertz CT molecular complexity index is 1180. The van der Waals surface area contributed by atoms with Gasteiger partial charge in [0.1, 0.15) is 6.10 Å². The molecule has 0 bridgehead atoms. The predicted molar refractivity (Wildman–Crippen MR) is 150 cm³/mol. The highest BCUT2D eigenvalue weighted by atomic mass is 16.5. The molecular weight excluding hydrogens is 462 g/mol. The molecule has 196 valence electrons. The molecule has 3 aromatic carbocycles. The zero-order valence-electron chi connectivity index (χ0n) is 22.6. The van der Waals surface area contributed by atoms with Crippen molar-refractivity contribution in [3.8, 4) is 16.9 Å². The molecule has 6 nitrogen and oxygen atoms in total. The van der Waals surface area contributed by atoms with Gasteiger partial charge < -0.3 is 19.6 Å². The maximum atomic E-state index is 13.5. The highest BCUT2D eigenvalue weighted by molar-refractivity contribution is 5.99. The van der Waals surface area contributed by atoms with Gasteiger partial charge >= 0.3 is 0 Å². The summed E-state index contributed by atoms with van der Waals surface area (Å²) in [4.78, 5) is 19.6. The SMILES string of the molecule is C[C@H]1CN([C@@H](C)CO)C(=O)c2cccc(N(C)C)c2O[C@@H]1CN(C)Cc1ccc(-c2ccccc2)cc1. The van der Waals surface area contributed by atoms with Crippen molar-refractivity contribution in [2.24, 2.45) is 5.92 Å². The lowest BCUT2D eigenvalue weighted by atomic mass is 9.98. The number of hydrogen-bond acceptors (Lipinski definition) is 5. The minimum atomic E-state index is -0.273. The number of aliphatic hydroxyl groups excluding tert-OH is 1. The van der Waals surface area contributed by atoms with Crippen molar-refractivity contribution < 1.29 is 14.6 Å². The second-order valence-electron chi connectivity index (χ2n) is 10.4. The number of amides is 1. The van der Waals surface area contributed by atoms with Crippen LogP contribution < -0.4 is 9.64 Å². The van der Waals surface area contributed by atoms with Crippen LogP contribution in [0.25, 0.3) is 11.1 Å². The number of carbonyl (C=O) groups excluding carboxylic acids is 1. The Hall–Kier alpha value is -3.35. The largest absolute Gasteiger partial charge is 0.486 e. The summed E-state index contributed by atoms with van der Waals surface area (Å²) in [6, 6.07) is 24.5. The average molecular weight is 502 g/mol. The number of likely N-dealkylation sites (N-methyl/N-ethyl adjacent to an activating group) is 1. The van der Waals surface area contributed by atoms with E-state index in [0.717, 1.165) is 12.2 Å². The van der Waals surface area contributed by atoms with Gasteiger partial charge in [0, 0.05) is 39.6 Å². The number of carbonyl (C=O) groups is 1. The Balaban J connectivity index is 1.55. The molecule has 1 amide bonds. The van der Waals surface area contributed by atoms with E-state index in [9.17, 15) is 9.90 Å². The van der Waals surface area contributed by atoms with Gasteiger partial charge in [0.05, 0.1) is 23.9 Å². The molecule has 0 saturated heterocycles. The fourth-order valence-electron chi connectivity index (χ4n) is 4.91. The number of nitrogens with zero attached hydrogens (tertiary/aromatic N) is 3. The normalized spacial score (nSPS) is 18.6. The molecule has 0 unspecified atom stereocenters. The van der Waals surface area contributed by atoms with Gasteiger partial charge in [-0.3, -0.25) is 9.69 Å². The number of ether oxygens (including phenoxy) is 1. The van der Waals surface area contributed by atoms with Crippen LogP contribution in [0, 0.1) is 5.92 Å². The highest BCUT2D eigenvalue weighted by Crippen LogP contribution is 2.36. The first-order chi connectivity index (χ1) is 17.8. The first-order valence-corrected chi connectivity index (χ1v) is 13.0. The minimum absolute atomic E-state index is 0.0734.